The number of nitrogens with two attached hydrogens (primary N) is 1. The Morgan fingerprint density at radius 3 is 2.53 bits per heavy atom. The van der Waals surface area contributed by atoms with Crippen LogP contribution in [0.25, 0.3) is 16.9 Å². The quantitative estimate of drug-likeness (QED) is 0.152. The molecule has 3 aliphatic carbocycles. The van der Waals surface area contributed by atoms with Crippen LogP contribution in [0.4, 0.5) is 0 Å². The van der Waals surface area contributed by atoms with E-state index in [0.717, 1.165) is 43.5 Å². The highest BCUT2D eigenvalue weighted by Crippen LogP contribution is 2.53. The number of aromatic hydroxyl groups is 1. The average Bonchev–Trinajstić information content (AvgIpc) is 3.00. The van der Waals surface area contributed by atoms with Gasteiger partial charge in [-0.15, -0.1) is 0 Å². The van der Waals surface area contributed by atoms with E-state index < -0.39 is 52.0 Å². The summed E-state index contributed by atoms with van der Waals surface area (Å²) in [6.45, 7) is 4.96. The van der Waals surface area contributed by atoms with Gasteiger partial charge < -0.3 is 41.0 Å². The van der Waals surface area contributed by atoms with E-state index in [4.69, 9.17) is 15.2 Å². The van der Waals surface area contributed by atoms with Crippen LogP contribution in [0.3, 0.4) is 0 Å². The summed E-state index contributed by atoms with van der Waals surface area (Å²) in [6.07, 6.45) is 2.91. The monoisotopic (exact) mass is 620 g/mol. The maximum absolute atomic E-state index is 13.8. The summed E-state index contributed by atoms with van der Waals surface area (Å²) < 4.78 is 11.3. The number of amides is 1. The van der Waals surface area contributed by atoms with E-state index in [2.05, 4.69) is 12.2 Å². The average molecular weight is 621 g/mol. The fraction of sp³-hybridized carbons (Fsp3) is 0.441. The highest BCUT2D eigenvalue weighted by Gasteiger charge is 2.60. The summed E-state index contributed by atoms with van der Waals surface area (Å²) in [5, 5.41) is 48.1. The number of hydrogen-bond donors (Lipinski definition) is 6. The molecule has 7 N–H and O–H groups in total. The van der Waals surface area contributed by atoms with Crippen molar-refractivity contribution in [1.82, 2.24) is 5.32 Å². The van der Waals surface area contributed by atoms with Crippen LogP contribution in [0.15, 0.2) is 47.2 Å². The summed E-state index contributed by atoms with van der Waals surface area (Å²) in [5.41, 5.74) is 4.68. The second-order valence-corrected chi connectivity index (χ2v) is 11.9. The van der Waals surface area contributed by atoms with Gasteiger partial charge in [-0.3, -0.25) is 14.4 Å². The number of primary amides is 1. The van der Waals surface area contributed by atoms with Crippen LogP contribution >= 0.6 is 0 Å². The predicted molar refractivity (Wildman–Crippen MR) is 165 cm³/mol. The lowest BCUT2D eigenvalue weighted by Gasteiger charge is -2.46. The lowest BCUT2D eigenvalue weighted by Crippen LogP contribution is -2.58. The Morgan fingerprint density at radius 1 is 1.07 bits per heavy atom. The Balaban J connectivity index is 1.48. The number of methoxy groups -OCH3 is 1. The number of aliphatic hydroxyl groups excluding tert-OH is 2. The zero-order chi connectivity index (χ0) is 32.5. The molecule has 3 atom stereocenters. The van der Waals surface area contributed by atoms with Crippen LogP contribution in [0.1, 0.15) is 55.7 Å². The van der Waals surface area contributed by atoms with Gasteiger partial charge in [0.1, 0.15) is 28.6 Å². The topological polar surface area (TPSA) is 189 Å². The van der Waals surface area contributed by atoms with Crippen molar-refractivity contribution in [3.8, 4) is 22.6 Å². The molecule has 11 heteroatoms. The molecular formula is C34H40N2O9. The number of aliphatic hydroxyl groups is 3. The van der Waals surface area contributed by atoms with E-state index in [0.29, 0.717) is 30.0 Å². The third kappa shape index (κ3) is 5.71. The van der Waals surface area contributed by atoms with Crippen molar-refractivity contribution in [1.29, 1.82) is 0 Å². The van der Waals surface area contributed by atoms with Crippen LogP contribution in [0.5, 0.6) is 11.5 Å². The number of hydrogen-bond acceptors (Lipinski definition) is 10. The molecule has 0 aliphatic heterocycles. The number of fused-ring (bicyclic) bond motifs is 3. The van der Waals surface area contributed by atoms with Gasteiger partial charge in [0.15, 0.2) is 11.4 Å². The molecular weight excluding hydrogens is 580 g/mol. The van der Waals surface area contributed by atoms with Crippen molar-refractivity contribution in [2.75, 3.05) is 26.9 Å². The molecule has 2 aromatic rings. The SMILES string of the molecule is CCCCOCCCNCc1ccc(OC)c(-c2ccc(O)c3c2CC2CC4CC(=O)C(C(N)=O)=C(O)C4(O)C(=O)C2=C3O)c1. The molecule has 11 nitrogen and oxygen atoms in total. The first-order valence-electron chi connectivity index (χ1n) is 15.3. The molecule has 5 rings (SSSR count). The number of carbonyl (C=O) groups is 3. The van der Waals surface area contributed by atoms with Crippen molar-refractivity contribution >= 4 is 23.2 Å². The highest BCUT2D eigenvalue weighted by atomic mass is 16.5. The number of phenolic OH excluding ortho intramolecular Hbond substituents is 1. The van der Waals surface area contributed by atoms with Gasteiger partial charge in [-0.25, -0.2) is 0 Å². The Morgan fingerprint density at radius 2 is 1.82 bits per heavy atom. The van der Waals surface area contributed by atoms with Crippen LogP contribution in [0.2, 0.25) is 0 Å². The van der Waals surface area contributed by atoms with Gasteiger partial charge in [-0.2, -0.15) is 0 Å². The third-order valence-corrected chi connectivity index (χ3v) is 9.11. The Hall–Kier alpha value is -4.19. The van der Waals surface area contributed by atoms with E-state index in [1.165, 1.54) is 6.07 Å². The number of unbranched alkanes of at least 4 members (excludes halogenated alkanes) is 1. The Kier molecular flexibility index (Phi) is 9.33. The van der Waals surface area contributed by atoms with Gasteiger partial charge in [-0.05, 0) is 73.0 Å². The standard InChI is InChI=1S/C34H40N2O9/c1-3-4-11-45-12-5-10-36-17-18-6-9-26(44-2)22(13-18)21-7-8-24(37)28-23(21)15-19-14-20-16-25(38)29(33(35)42)32(41)34(20,43)31(40)27(19)30(28)39/h6-9,13,19-20,36-37,39,41,43H,3-5,10-12,14-17H2,1-2H3,(H2,35,42). The summed E-state index contributed by atoms with van der Waals surface area (Å²) in [5.74, 6) is -6.03. The van der Waals surface area contributed by atoms with E-state index in [1.807, 2.05) is 18.2 Å². The van der Waals surface area contributed by atoms with Crippen LogP contribution in [-0.4, -0.2) is 70.4 Å². The number of ether oxygens (including phenoxy) is 2. The molecule has 0 radical (unpaired) electrons. The van der Waals surface area contributed by atoms with Crippen molar-refractivity contribution in [2.24, 2.45) is 17.6 Å². The second kappa shape index (κ2) is 13.0. The second-order valence-electron chi connectivity index (χ2n) is 11.9. The van der Waals surface area contributed by atoms with E-state index in [1.54, 1.807) is 13.2 Å². The minimum atomic E-state index is -2.60. The maximum atomic E-state index is 13.8. The van der Waals surface area contributed by atoms with Gasteiger partial charge in [0.25, 0.3) is 5.91 Å². The summed E-state index contributed by atoms with van der Waals surface area (Å²) in [4.78, 5) is 38.3. The Bertz CT molecular complexity index is 1590. The zero-order valence-electron chi connectivity index (χ0n) is 25.5. The van der Waals surface area contributed by atoms with Crippen molar-refractivity contribution in [2.45, 2.75) is 57.6 Å². The first kappa shape index (κ1) is 32.2. The van der Waals surface area contributed by atoms with Gasteiger partial charge >= 0.3 is 0 Å². The van der Waals surface area contributed by atoms with Crippen molar-refractivity contribution < 1.29 is 44.3 Å². The molecule has 0 bridgehead atoms. The Labute approximate surface area is 261 Å². The van der Waals surface area contributed by atoms with E-state index in [-0.39, 0.29) is 36.1 Å². The minimum absolute atomic E-state index is 0.0354. The van der Waals surface area contributed by atoms with Crippen LogP contribution in [-0.2, 0) is 32.1 Å². The maximum Gasteiger partial charge on any atom is 0.255 e. The summed E-state index contributed by atoms with van der Waals surface area (Å²) >= 11 is 0. The van der Waals surface area contributed by atoms with Gasteiger partial charge in [0.05, 0.1) is 12.7 Å². The molecule has 3 aliphatic rings. The summed E-state index contributed by atoms with van der Waals surface area (Å²) in [6, 6.07) is 8.93. The first-order valence-corrected chi connectivity index (χ1v) is 15.3. The number of benzene rings is 2. The molecule has 1 fully saturated rings. The normalized spacial score (nSPS) is 22.6. The third-order valence-electron chi connectivity index (χ3n) is 9.11. The number of carbonyl (C=O) groups excluding carboxylic acids is 3. The van der Waals surface area contributed by atoms with E-state index in [9.17, 15) is 34.8 Å². The van der Waals surface area contributed by atoms with Crippen molar-refractivity contribution in [3.05, 3.63) is 63.9 Å². The fourth-order valence-electron chi connectivity index (χ4n) is 6.83. The molecule has 1 saturated carbocycles. The van der Waals surface area contributed by atoms with Crippen LogP contribution in [0, 0.1) is 11.8 Å². The van der Waals surface area contributed by atoms with Crippen molar-refractivity contribution in [3.63, 3.8) is 0 Å². The molecule has 0 heterocycles. The van der Waals surface area contributed by atoms with Gasteiger partial charge in [-0.1, -0.05) is 25.5 Å². The van der Waals surface area contributed by atoms with Crippen LogP contribution < -0.4 is 15.8 Å². The number of rotatable bonds is 12. The largest absolute Gasteiger partial charge is 0.508 e. The molecule has 0 aromatic heterocycles. The van der Waals surface area contributed by atoms with Gasteiger partial charge in [0, 0.05) is 43.2 Å². The zero-order valence-corrected chi connectivity index (χ0v) is 25.5. The first-order chi connectivity index (χ1) is 21.5. The van der Waals surface area contributed by atoms with Gasteiger partial charge in [0.2, 0.25) is 5.78 Å². The minimum Gasteiger partial charge on any atom is -0.508 e. The molecule has 0 spiro atoms. The number of phenols is 1. The predicted octanol–water partition coefficient (Wildman–Crippen LogP) is 3.40. The summed E-state index contributed by atoms with van der Waals surface area (Å²) in [7, 11) is 1.55. The lowest BCUT2D eigenvalue weighted by atomic mass is 9.59. The highest BCUT2D eigenvalue weighted by molar-refractivity contribution is 6.22. The number of nitrogens with one attached hydrogen (secondary N) is 1. The molecule has 1 amide bonds. The lowest BCUT2D eigenvalue weighted by molar-refractivity contribution is -0.147. The molecule has 45 heavy (non-hydrogen) atoms. The number of Topliss-reactive ketones (excluding diaryl/α,β-unsaturated/α-hetero) is 2. The number of ketones is 2. The fourth-order valence-corrected chi connectivity index (χ4v) is 6.83. The van der Waals surface area contributed by atoms with E-state index >= 15 is 0 Å². The molecule has 2 aromatic carbocycles. The smallest absolute Gasteiger partial charge is 0.255 e. The molecule has 240 valence electrons. The molecule has 0 saturated heterocycles. The molecule has 3 unspecified atom stereocenters.